The van der Waals surface area contributed by atoms with Crippen molar-refractivity contribution in [1.82, 2.24) is 10.3 Å². The summed E-state index contributed by atoms with van der Waals surface area (Å²) in [6.45, 7) is 0.505. The summed E-state index contributed by atoms with van der Waals surface area (Å²) in [5.41, 5.74) is 1.66. The van der Waals surface area contributed by atoms with Crippen LogP contribution in [0.3, 0.4) is 0 Å². The van der Waals surface area contributed by atoms with Crippen LogP contribution >= 0.6 is 0 Å². The van der Waals surface area contributed by atoms with Crippen LogP contribution in [0.25, 0.3) is 0 Å². The Hall–Kier alpha value is -2.69. The van der Waals surface area contributed by atoms with Crippen LogP contribution < -0.4 is 5.32 Å². The van der Waals surface area contributed by atoms with Gasteiger partial charge in [0.2, 0.25) is 0 Å². The van der Waals surface area contributed by atoms with E-state index < -0.39 is 5.97 Å². The van der Waals surface area contributed by atoms with Crippen LogP contribution in [0.4, 0.5) is 0 Å². The number of nitrogens with one attached hydrogen (secondary N) is 1. The third kappa shape index (κ3) is 3.65. The highest BCUT2D eigenvalue weighted by molar-refractivity contribution is 5.95. The first-order valence-corrected chi connectivity index (χ1v) is 6.17. The normalized spacial score (nSPS) is 10.0. The van der Waals surface area contributed by atoms with Crippen LogP contribution in [0.15, 0.2) is 48.8 Å². The first-order chi connectivity index (χ1) is 9.66. The SMILES string of the molecule is O=C(O)c1ccc(C(=O)NCCc2cccnc2)cc1. The van der Waals surface area contributed by atoms with Crippen molar-refractivity contribution < 1.29 is 14.7 Å². The molecule has 2 N–H and O–H groups in total. The molecule has 0 radical (unpaired) electrons. The summed E-state index contributed by atoms with van der Waals surface area (Å²) in [4.78, 5) is 26.5. The smallest absolute Gasteiger partial charge is 0.335 e. The molecule has 0 saturated heterocycles. The van der Waals surface area contributed by atoms with Crippen molar-refractivity contribution in [2.75, 3.05) is 6.54 Å². The summed E-state index contributed by atoms with van der Waals surface area (Å²) in [6, 6.07) is 9.63. The van der Waals surface area contributed by atoms with E-state index >= 15 is 0 Å². The number of amides is 1. The van der Waals surface area contributed by atoms with Gasteiger partial charge in [0.15, 0.2) is 0 Å². The van der Waals surface area contributed by atoms with Gasteiger partial charge in [0, 0.05) is 24.5 Å². The largest absolute Gasteiger partial charge is 0.478 e. The summed E-state index contributed by atoms with van der Waals surface area (Å²) in [6.07, 6.45) is 4.16. The predicted octanol–water partition coefficient (Wildman–Crippen LogP) is 1.75. The highest BCUT2D eigenvalue weighted by Crippen LogP contribution is 2.04. The standard InChI is InChI=1S/C15H14N2O3/c18-14(12-3-5-13(6-4-12)15(19)20)17-9-7-11-2-1-8-16-10-11/h1-6,8,10H,7,9H2,(H,17,18)(H,19,20). The molecular formula is C15H14N2O3. The molecule has 0 atom stereocenters. The van der Waals surface area contributed by atoms with Gasteiger partial charge in [-0.25, -0.2) is 4.79 Å². The molecule has 20 heavy (non-hydrogen) atoms. The van der Waals surface area contributed by atoms with Crippen molar-refractivity contribution in [1.29, 1.82) is 0 Å². The van der Waals surface area contributed by atoms with Crippen LogP contribution in [-0.2, 0) is 6.42 Å². The maximum absolute atomic E-state index is 11.8. The minimum Gasteiger partial charge on any atom is -0.478 e. The highest BCUT2D eigenvalue weighted by Gasteiger charge is 2.07. The molecule has 1 aromatic carbocycles. The van der Waals surface area contributed by atoms with Crippen molar-refractivity contribution in [2.45, 2.75) is 6.42 Å². The Kier molecular flexibility index (Phi) is 4.44. The lowest BCUT2D eigenvalue weighted by Crippen LogP contribution is -2.25. The quantitative estimate of drug-likeness (QED) is 0.867. The number of benzene rings is 1. The molecule has 0 saturated carbocycles. The third-order valence-corrected chi connectivity index (χ3v) is 2.82. The highest BCUT2D eigenvalue weighted by atomic mass is 16.4. The first-order valence-electron chi connectivity index (χ1n) is 6.17. The molecule has 0 unspecified atom stereocenters. The van der Waals surface area contributed by atoms with Crippen molar-refractivity contribution in [3.05, 3.63) is 65.5 Å². The molecule has 0 fully saturated rings. The van der Waals surface area contributed by atoms with Gasteiger partial charge >= 0.3 is 5.97 Å². The second-order valence-electron chi connectivity index (χ2n) is 4.25. The van der Waals surface area contributed by atoms with Gasteiger partial charge in [-0.1, -0.05) is 6.07 Å². The molecule has 0 spiro atoms. The number of hydrogen-bond acceptors (Lipinski definition) is 3. The number of rotatable bonds is 5. The van der Waals surface area contributed by atoms with E-state index in [0.29, 0.717) is 18.5 Å². The maximum Gasteiger partial charge on any atom is 0.335 e. The number of carboxylic acid groups (broad SMARTS) is 1. The van der Waals surface area contributed by atoms with Crippen LogP contribution in [0.5, 0.6) is 0 Å². The van der Waals surface area contributed by atoms with E-state index in [1.54, 1.807) is 12.4 Å². The van der Waals surface area contributed by atoms with Crippen molar-refractivity contribution in [3.8, 4) is 0 Å². The number of pyridine rings is 1. The second kappa shape index (κ2) is 6.47. The van der Waals surface area contributed by atoms with Gasteiger partial charge in [-0.3, -0.25) is 9.78 Å². The minimum atomic E-state index is -1.01. The monoisotopic (exact) mass is 270 g/mol. The average Bonchev–Trinajstić information content (AvgIpc) is 2.48. The lowest BCUT2D eigenvalue weighted by molar-refractivity contribution is 0.0696. The third-order valence-electron chi connectivity index (χ3n) is 2.82. The summed E-state index contributed by atoms with van der Waals surface area (Å²) in [5, 5.41) is 11.6. The summed E-state index contributed by atoms with van der Waals surface area (Å²) in [7, 11) is 0. The van der Waals surface area contributed by atoms with E-state index in [9.17, 15) is 9.59 Å². The average molecular weight is 270 g/mol. The number of carboxylic acids is 1. The van der Waals surface area contributed by atoms with E-state index in [0.717, 1.165) is 5.56 Å². The minimum absolute atomic E-state index is 0.164. The fourth-order valence-electron chi connectivity index (χ4n) is 1.73. The summed E-state index contributed by atoms with van der Waals surface area (Å²) in [5.74, 6) is -1.22. The zero-order valence-electron chi connectivity index (χ0n) is 10.7. The van der Waals surface area contributed by atoms with Gasteiger partial charge in [-0.15, -0.1) is 0 Å². The number of hydrogen-bond donors (Lipinski definition) is 2. The molecule has 2 aromatic rings. The summed E-state index contributed by atoms with van der Waals surface area (Å²) < 4.78 is 0. The number of aromatic carboxylic acids is 1. The fourth-order valence-corrected chi connectivity index (χ4v) is 1.73. The van der Waals surface area contributed by atoms with Gasteiger partial charge in [-0.05, 0) is 42.3 Å². The zero-order valence-corrected chi connectivity index (χ0v) is 10.7. The van der Waals surface area contributed by atoms with Gasteiger partial charge in [0.25, 0.3) is 5.91 Å². The lowest BCUT2D eigenvalue weighted by Gasteiger charge is -2.05. The second-order valence-corrected chi connectivity index (χ2v) is 4.25. The van der Waals surface area contributed by atoms with Crippen LogP contribution in [0.1, 0.15) is 26.3 Å². The van der Waals surface area contributed by atoms with Crippen molar-refractivity contribution >= 4 is 11.9 Å². The van der Waals surface area contributed by atoms with Gasteiger partial charge in [-0.2, -0.15) is 0 Å². The molecule has 102 valence electrons. The predicted molar refractivity (Wildman–Crippen MR) is 73.7 cm³/mol. The summed E-state index contributed by atoms with van der Waals surface area (Å²) >= 11 is 0. The Morgan fingerprint density at radius 2 is 1.80 bits per heavy atom. The number of nitrogens with zero attached hydrogens (tertiary/aromatic N) is 1. The molecular weight excluding hydrogens is 256 g/mol. The number of carbonyl (C=O) groups excluding carboxylic acids is 1. The maximum atomic E-state index is 11.8. The Balaban J connectivity index is 1.87. The Labute approximate surface area is 116 Å². The van der Waals surface area contributed by atoms with E-state index in [1.807, 2.05) is 12.1 Å². The van der Waals surface area contributed by atoms with E-state index in [-0.39, 0.29) is 11.5 Å². The van der Waals surface area contributed by atoms with Gasteiger partial charge in [0.1, 0.15) is 0 Å². The molecule has 1 amide bonds. The Morgan fingerprint density at radius 3 is 2.40 bits per heavy atom. The van der Waals surface area contributed by atoms with Crippen LogP contribution in [-0.4, -0.2) is 28.5 Å². The van der Waals surface area contributed by atoms with E-state index in [2.05, 4.69) is 10.3 Å². The Bertz CT molecular complexity index is 594. The number of carbonyl (C=O) groups is 2. The molecule has 0 aliphatic carbocycles. The molecule has 2 rings (SSSR count). The van der Waals surface area contributed by atoms with Crippen LogP contribution in [0.2, 0.25) is 0 Å². The zero-order chi connectivity index (χ0) is 14.4. The molecule has 5 nitrogen and oxygen atoms in total. The Morgan fingerprint density at radius 1 is 1.10 bits per heavy atom. The molecule has 0 aliphatic heterocycles. The molecule has 0 bridgehead atoms. The molecule has 1 heterocycles. The van der Waals surface area contributed by atoms with Crippen LogP contribution in [0, 0.1) is 0 Å². The number of aromatic nitrogens is 1. The topological polar surface area (TPSA) is 79.3 Å². The molecule has 5 heteroatoms. The van der Waals surface area contributed by atoms with Gasteiger partial charge in [0.05, 0.1) is 5.56 Å². The van der Waals surface area contributed by atoms with E-state index in [4.69, 9.17) is 5.11 Å². The van der Waals surface area contributed by atoms with Crippen molar-refractivity contribution in [2.24, 2.45) is 0 Å². The lowest BCUT2D eigenvalue weighted by atomic mass is 10.1. The first kappa shape index (κ1) is 13.7. The molecule has 1 aromatic heterocycles. The van der Waals surface area contributed by atoms with E-state index in [1.165, 1.54) is 24.3 Å². The van der Waals surface area contributed by atoms with Crippen molar-refractivity contribution in [3.63, 3.8) is 0 Å². The fraction of sp³-hybridized carbons (Fsp3) is 0.133. The van der Waals surface area contributed by atoms with Gasteiger partial charge < -0.3 is 10.4 Å². The molecule has 0 aliphatic rings.